The molecule has 0 amide bonds. The summed E-state index contributed by atoms with van der Waals surface area (Å²) in [7, 11) is 1.33. The molecule has 0 heterocycles. The largest absolute Gasteiger partial charge is 0.506 e. The third-order valence-electron chi connectivity index (χ3n) is 3.23. The molecule has 0 aliphatic carbocycles. The molecule has 2 rings (SSSR count). The molecule has 0 saturated carbocycles. The van der Waals surface area contributed by atoms with Crippen LogP contribution in [0.2, 0.25) is 0 Å². The van der Waals surface area contributed by atoms with Crippen LogP contribution in [0.4, 0.5) is 0 Å². The van der Waals surface area contributed by atoms with Crippen LogP contribution in [-0.2, 0) is 16.0 Å². The van der Waals surface area contributed by atoms with Gasteiger partial charge >= 0.3 is 5.97 Å². The third-order valence-corrected chi connectivity index (χ3v) is 6.48. The molecule has 0 unspecified atom stereocenters. The first-order chi connectivity index (χ1) is 11.7. The lowest BCUT2D eigenvalue weighted by atomic mass is 10.1. The molecule has 0 saturated heterocycles. The lowest BCUT2D eigenvalue weighted by Gasteiger charge is -2.15. The van der Waals surface area contributed by atoms with Crippen molar-refractivity contribution in [1.29, 1.82) is 0 Å². The number of rotatable bonds is 5. The number of carbonyl (C=O) groups is 1. The van der Waals surface area contributed by atoms with E-state index in [1.54, 1.807) is 12.1 Å². The number of aromatic hydroxyl groups is 1. The minimum Gasteiger partial charge on any atom is -0.506 e. The van der Waals surface area contributed by atoms with Gasteiger partial charge in [-0.05, 0) is 127 Å². The van der Waals surface area contributed by atoms with Gasteiger partial charge in [0.25, 0.3) is 0 Å². The minimum atomic E-state index is -0.691. The second-order valence-corrected chi connectivity index (χ2v) is 9.71. The van der Waals surface area contributed by atoms with Crippen LogP contribution in [0, 0.1) is 14.3 Å². The topological polar surface area (TPSA) is 81.8 Å². The maximum Gasteiger partial charge on any atom is 0.322 e. The molecule has 1 atom stereocenters. The number of esters is 1. The number of hydrogen-bond acceptors (Lipinski definition) is 5. The predicted octanol–water partition coefficient (Wildman–Crippen LogP) is 4.65. The zero-order valence-electron chi connectivity index (χ0n) is 12.9. The molecule has 0 fully saturated rings. The van der Waals surface area contributed by atoms with Gasteiger partial charge in [0.2, 0.25) is 0 Å². The fourth-order valence-corrected chi connectivity index (χ4v) is 5.86. The lowest BCUT2D eigenvalue weighted by molar-refractivity contribution is -0.142. The Morgan fingerprint density at radius 3 is 2.08 bits per heavy atom. The molecular weight excluding hydrogens is 778 g/mol. The van der Waals surface area contributed by atoms with Gasteiger partial charge in [-0.25, -0.2) is 0 Å². The number of ether oxygens (including phenoxy) is 2. The molecule has 2 aromatic carbocycles. The van der Waals surface area contributed by atoms with E-state index >= 15 is 0 Å². The number of benzene rings is 2. The van der Waals surface area contributed by atoms with Crippen molar-refractivity contribution in [3.8, 4) is 17.2 Å². The predicted molar refractivity (Wildman–Crippen MR) is 129 cm³/mol. The first kappa shape index (κ1) is 21.7. The molecule has 0 radical (unpaired) electrons. The molecule has 0 bridgehead atoms. The van der Waals surface area contributed by atoms with Crippen molar-refractivity contribution in [3.63, 3.8) is 0 Å². The highest BCUT2D eigenvalue weighted by atomic mass is 127. The van der Waals surface area contributed by atoms with Gasteiger partial charge in [-0.15, -0.1) is 0 Å². The maximum atomic E-state index is 11.5. The highest BCUT2D eigenvalue weighted by Crippen LogP contribution is 2.36. The molecule has 0 spiro atoms. The van der Waals surface area contributed by atoms with Crippen LogP contribution in [0.3, 0.4) is 0 Å². The second kappa shape index (κ2) is 9.54. The average Bonchev–Trinajstić information content (AvgIpc) is 2.55. The molecule has 25 heavy (non-hydrogen) atoms. The van der Waals surface area contributed by atoms with E-state index in [-0.39, 0.29) is 5.75 Å². The Morgan fingerprint density at radius 1 is 1.08 bits per heavy atom. The quantitative estimate of drug-likeness (QED) is 0.341. The monoisotopic (exact) mass is 791 g/mol. The number of phenols is 1. The van der Waals surface area contributed by atoms with Crippen LogP contribution in [0.25, 0.3) is 0 Å². The number of carbonyl (C=O) groups excluding carboxylic acids is 1. The number of hydrogen-bond donors (Lipinski definition) is 2. The third kappa shape index (κ3) is 5.68. The molecular formula is C16H13I4NO4. The van der Waals surface area contributed by atoms with Gasteiger partial charge < -0.3 is 20.3 Å². The van der Waals surface area contributed by atoms with E-state index in [2.05, 4.69) is 95.1 Å². The number of halogens is 4. The van der Waals surface area contributed by atoms with Gasteiger partial charge in [-0.1, -0.05) is 0 Å². The van der Waals surface area contributed by atoms with Crippen LogP contribution in [0.1, 0.15) is 5.56 Å². The molecule has 2 aromatic rings. The Kier molecular flexibility index (Phi) is 8.28. The first-order valence-electron chi connectivity index (χ1n) is 6.90. The number of nitrogens with two attached hydrogens (primary N) is 1. The summed E-state index contributed by atoms with van der Waals surface area (Å²) >= 11 is 8.53. The van der Waals surface area contributed by atoms with Gasteiger partial charge in [-0.3, -0.25) is 4.79 Å². The average molecular weight is 791 g/mol. The minimum absolute atomic E-state index is 0.255. The molecule has 0 aromatic heterocycles. The normalized spacial score (nSPS) is 11.9. The Bertz CT molecular complexity index is 767. The van der Waals surface area contributed by atoms with Crippen LogP contribution in [0.5, 0.6) is 17.2 Å². The van der Waals surface area contributed by atoms with Crippen molar-refractivity contribution in [2.24, 2.45) is 5.73 Å². The molecule has 0 aliphatic heterocycles. The Balaban J connectivity index is 2.27. The fourth-order valence-electron chi connectivity index (χ4n) is 2.04. The zero-order chi connectivity index (χ0) is 18.7. The summed E-state index contributed by atoms with van der Waals surface area (Å²) in [5.41, 5.74) is 6.77. The van der Waals surface area contributed by atoms with E-state index in [1.807, 2.05) is 12.1 Å². The molecule has 5 nitrogen and oxygen atoms in total. The van der Waals surface area contributed by atoms with Crippen molar-refractivity contribution >= 4 is 96.3 Å². The van der Waals surface area contributed by atoms with E-state index in [0.29, 0.717) is 12.2 Å². The highest BCUT2D eigenvalue weighted by Gasteiger charge is 2.17. The molecule has 134 valence electrons. The number of methoxy groups -OCH3 is 1. The van der Waals surface area contributed by atoms with Gasteiger partial charge in [-0.2, -0.15) is 0 Å². The van der Waals surface area contributed by atoms with Crippen LogP contribution < -0.4 is 10.5 Å². The SMILES string of the molecule is COC(=O)[C@H](N)Cc1cc(I)c(Oc2cc(I)c(O)c(I)c2)c(I)c1. The van der Waals surface area contributed by atoms with E-state index in [9.17, 15) is 9.90 Å². The van der Waals surface area contributed by atoms with Crippen LogP contribution in [0.15, 0.2) is 24.3 Å². The lowest BCUT2D eigenvalue weighted by Crippen LogP contribution is -2.33. The van der Waals surface area contributed by atoms with Crippen molar-refractivity contribution in [2.75, 3.05) is 7.11 Å². The highest BCUT2D eigenvalue weighted by molar-refractivity contribution is 14.1. The molecule has 9 heteroatoms. The zero-order valence-corrected chi connectivity index (χ0v) is 21.5. The summed E-state index contributed by atoms with van der Waals surface area (Å²) in [6.45, 7) is 0. The first-order valence-corrected chi connectivity index (χ1v) is 11.2. The summed E-state index contributed by atoms with van der Waals surface area (Å²) in [5, 5.41) is 9.87. The van der Waals surface area contributed by atoms with Gasteiger partial charge in [0.1, 0.15) is 17.5 Å². The van der Waals surface area contributed by atoms with E-state index in [1.165, 1.54) is 7.11 Å². The summed E-state index contributed by atoms with van der Waals surface area (Å²) < 4.78 is 14.0. The van der Waals surface area contributed by atoms with E-state index < -0.39 is 12.0 Å². The fraction of sp³-hybridized carbons (Fsp3) is 0.188. The van der Waals surface area contributed by atoms with E-state index in [0.717, 1.165) is 25.6 Å². The second-order valence-electron chi connectivity index (χ2n) is 5.06. The Morgan fingerprint density at radius 2 is 1.60 bits per heavy atom. The maximum absolute atomic E-state index is 11.5. The van der Waals surface area contributed by atoms with Crippen molar-refractivity contribution in [2.45, 2.75) is 12.5 Å². The summed E-state index contributed by atoms with van der Waals surface area (Å²) in [6, 6.07) is 6.76. The Labute approximate surface area is 200 Å². The summed E-state index contributed by atoms with van der Waals surface area (Å²) in [5.74, 6) is 1.21. The van der Waals surface area contributed by atoms with Crippen LogP contribution >= 0.6 is 90.4 Å². The summed E-state index contributed by atoms with van der Waals surface area (Å²) in [6.07, 6.45) is 0.397. The van der Waals surface area contributed by atoms with Gasteiger partial charge in [0, 0.05) is 0 Å². The van der Waals surface area contributed by atoms with Crippen molar-refractivity contribution in [3.05, 3.63) is 44.1 Å². The Hall–Kier alpha value is 0.390. The smallest absolute Gasteiger partial charge is 0.322 e. The standard InChI is InChI=1S/C16H13I4NO4/c1-24-16(23)13(21)4-7-2-11(19)15(12(20)3-7)25-8-5-9(17)14(22)10(18)6-8/h2-3,5-6,13,22H,4,21H2,1H3/t13-/m1/s1. The van der Waals surface area contributed by atoms with Crippen molar-refractivity contribution in [1.82, 2.24) is 0 Å². The molecule has 0 aliphatic rings. The van der Waals surface area contributed by atoms with E-state index in [4.69, 9.17) is 10.5 Å². The van der Waals surface area contributed by atoms with Crippen LogP contribution in [-0.4, -0.2) is 24.2 Å². The van der Waals surface area contributed by atoms with Gasteiger partial charge in [0.05, 0.1) is 21.4 Å². The van der Waals surface area contributed by atoms with Crippen molar-refractivity contribution < 1.29 is 19.4 Å². The molecule has 3 N–H and O–H groups in total. The number of phenolic OH excluding ortho intramolecular Hbond substituents is 1. The summed E-state index contributed by atoms with van der Waals surface area (Å²) in [4.78, 5) is 11.5. The van der Waals surface area contributed by atoms with Gasteiger partial charge in [0.15, 0.2) is 5.75 Å².